The maximum absolute atomic E-state index is 4.86. The molecule has 1 atom stereocenters. The molecule has 0 saturated heterocycles. The summed E-state index contributed by atoms with van der Waals surface area (Å²) in [5, 5.41) is 1.12. The van der Waals surface area contributed by atoms with Crippen LogP contribution >= 0.6 is 0 Å². The lowest BCUT2D eigenvalue weighted by atomic mass is 9.91. The van der Waals surface area contributed by atoms with Crippen molar-refractivity contribution >= 4 is 27.9 Å². The van der Waals surface area contributed by atoms with Crippen molar-refractivity contribution in [2.45, 2.75) is 5.92 Å². The highest BCUT2D eigenvalue weighted by Crippen LogP contribution is 2.44. The van der Waals surface area contributed by atoms with E-state index >= 15 is 0 Å². The van der Waals surface area contributed by atoms with Crippen molar-refractivity contribution in [1.82, 2.24) is 9.38 Å². The first-order valence-electron chi connectivity index (χ1n) is 6.74. The van der Waals surface area contributed by atoms with Gasteiger partial charge < -0.3 is 4.40 Å². The minimum atomic E-state index is 0.275. The fraction of sp³-hybridized carbons (Fsp3) is 0.0588. The van der Waals surface area contributed by atoms with Crippen molar-refractivity contribution in [3.63, 3.8) is 0 Å². The number of pyridine rings is 2. The summed E-state index contributed by atoms with van der Waals surface area (Å²) in [4.78, 5) is 9.39. The number of aromatic nitrogens is 2. The topological polar surface area (TPSA) is 29.7 Å². The van der Waals surface area contributed by atoms with Crippen molar-refractivity contribution in [2.75, 3.05) is 0 Å². The Morgan fingerprint density at radius 3 is 3.10 bits per heavy atom. The molecule has 4 heterocycles. The SMILES string of the molecule is C1=CC2=Nc3c(c4cccn4c4ncccc34)C2C=C1. The number of allylic oxidation sites excluding steroid dienone is 4. The maximum Gasteiger partial charge on any atom is 0.146 e. The molecule has 0 saturated carbocycles. The van der Waals surface area contributed by atoms with Crippen LogP contribution in [-0.2, 0) is 0 Å². The van der Waals surface area contributed by atoms with Crippen molar-refractivity contribution in [1.29, 1.82) is 0 Å². The van der Waals surface area contributed by atoms with Gasteiger partial charge in [0.25, 0.3) is 0 Å². The fourth-order valence-electron chi connectivity index (χ4n) is 3.26. The monoisotopic (exact) mass is 257 g/mol. The predicted molar refractivity (Wildman–Crippen MR) is 80.8 cm³/mol. The van der Waals surface area contributed by atoms with E-state index < -0.39 is 0 Å². The standard InChI is InChI=1S/C17H11N3/c1-2-7-13-11(5-1)15-14-8-4-10-20(14)17-12(16(15)19-13)6-3-9-18-17/h1-11H. The summed E-state index contributed by atoms with van der Waals surface area (Å²) in [5.41, 5.74) is 5.68. The van der Waals surface area contributed by atoms with Crippen LogP contribution < -0.4 is 0 Å². The molecule has 0 radical (unpaired) electrons. The molecule has 0 amide bonds. The van der Waals surface area contributed by atoms with Crippen LogP contribution in [0.1, 0.15) is 11.5 Å². The van der Waals surface area contributed by atoms with E-state index in [1.165, 1.54) is 11.1 Å². The lowest BCUT2D eigenvalue weighted by Gasteiger charge is -2.13. The molecule has 94 valence electrons. The summed E-state index contributed by atoms with van der Waals surface area (Å²) in [6, 6.07) is 8.31. The highest BCUT2D eigenvalue weighted by atomic mass is 15.0. The summed E-state index contributed by atoms with van der Waals surface area (Å²) in [5.74, 6) is 0.275. The van der Waals surface area contributed by atoms with Gasteiger partial charge in [0.1, 0.15) is 5.65 Å². The third-order valence-electron chi connectivity index (χ3n) is 4.10. The lowest BCUT2D eigenvalue weighted by molar-refractivity contribution is 1.14. The number of nitrogens with zero attached hydrogens (tertiary/aromatic N) is 3. The minimum Gasteiger partial charge on any atom is -0.301 e. The highest BCUT2D eigenvalue weighted by Gasteiger charge is 2.29. The predicted octanol–water partition coefficient (Wildman–Crippen LogP) is 3.78. The zero-order chi connectivity index (χ0) is 13.1. The minimum absolute atomic E-state index is 0.275. The van der Waals surface area contributed by atoms with Crippen LogP contribution in [0.5, 0.6) is 0 Å². The van der Waals surface area contributed by atoms with E-state index in [9.17, 15) is 0 Å². The molecule has 0 fully saturated rings. The van der Waals surface area contributed by atoms with E-state index in [2.05, 4.69) is 58.1 Å². The normalized spacial score (nSPS) is 19.4. The van der Waals surface area contributed by atoms with Crippen LogP contribution in [0.3, 0.4) is 0 Å². The molecule has 0 aromatic carbocycles. The molecule has 1 unspecified atom stereocenters. The summed E-state index contributed by atoms with van der Waals surface area (Å²) in [7, 11) is 0. The molecule has 0 spiro atoms. The Morgan fingerprint density at radius 1 is 1.10 bits per heavy atom. The van der Waals surface area contributed by atoms with Gasteiger partial charge in [-0.3, -0.25) is 4.99 Å². The molecule has 5 rings (SSSR count). The van der Waals surface area contributed by atoms with E-state index in [1.54, 1.807) is 0 Å². The van der Waals surface area contributed by atoms with E-state index in [0.29, 0.717) is 0 Å². The molecule has 3 nitrogen and oxygen atoms in total. The van der Waals surface area contributed by atoms with Crippen LogP contribution in [0.15, 0.2) is 66.0 Å². The second kappa shape index (κ2) is 3.45. The molecule has 3 aromatic rings. The van der Waals surface area contributed by atoms with Crippen LogP contribution in [0.4, 0.5) is 5.69 Å². The molecule has 0 bridgehead atoms. The molecule has 3 aromatic heterocycles. The van der Waals surface area contributed by atoms with Gasteiger partial charge in [-0.25, -0.2) is 4.98 Å². The zero-order valence-electron chi connectivity index (χ0n) is 10.7. The highest BCUT2D eigenvalue weighted by molar-refractivity contribution is 6.13. The average molecular weight is 257 g/mol. The summed E-state index contributed by atoms with van der Waals surface area (Å²) in [6.45, 7) is 0. The first-order valence-corrected chi connectivity index (χ1v) is 6.74. The van der Waals surface area contributed by atoms with Gasteiger partial charge in [0.2, 0.25) is 0 Å². The third-order valence-corrected chi connectivity index (χ3v) is 4.10. The van der Waals surface area contributed by atoms with Crippen LogP contribution in [0, 0.1) is 0 Å². The first kappa shape index (κ1) is 10.1. The second-order valence-corrected chi connectivity index (χ2v) is 5.16. The van der Waals surface area contributed by atoms with Gasteiger partial charge in [-0.1, -0.05) is 18.2 Å². The summed E-state index contributed by atoms with van der Waals surface area (Å²) in [6.07, 6.45) is 12.4. The zero-order valence-corrected chi connectivity index (χ0v) is 10.7. The number of aliphatic imine (C=N–C) groups is 1. The van der Waals surface area contributed by atoms with E-state index in [-0.39, 0.29) is 5.92 Å². The number of rotatable bonds is 0. The smallest absolute Gasteiger partial charge is 0.146 e. The van der Waals surface area contributed by atoms with Gasteiger partial charge in [0.15, 0.2) is 0 Å². The lowest BCUT2D eigenvalue weighted by Crippen LogP contribution is -2.06. The Hall–Kier alpha value is -2.68. The van der Waals surface area contributed by atoms with Crippen LogP contribution in [-0.4, -0.2) is 15.1 Å². The molecule has 20 heavy (non-hydrogen) atoms. The fourth-order valence-corrected chi connectivity index (χ4v) is 3.26. The summed E-state index contributed by atoms with van der Waals surface area (Å²) >= 11 is 0. The van der Waals surface area contributed by atoms with Gasteiger partial charge in [0, 0.05) is 29.3 Å². The Kier molecular flexibility index (Phi) is 1.75. The van der Waals surface area contributed by atoms with Crippen LogP contribution in [0.25, 0.3) is 16.6 Å². The molecular formula is C17H11N3. The van der Waals surface area contributed by atoms with Gasteiger partial charge in [-0.15, -0.1) is 0 Å². The van der Waals surface area contributed by atoms with Gasteiger partial charge in [0.05, 0.1) is 16.9 Å². The Balaban J connectivity index is 2.03. The molecule has 3 heteroatoms. The van der Waals surface area contributed by atoms with Gasteiger partial charge in [-0.05, 0) is 30.3 Å². The second-order valence-electron chi connectivity index (χ2n) is 5.16. The number of hydrogen-bond donors (Lipinski definition) is 0. The molecular weight excluding hydrogens is 246 g/mol. The van der Waals surface area contributed by atoms with Crippen molar-refractivity contribution in [3.8, 4) is 0 Å². The van der Waals surface area contributed by atoms with Gasteiger partial charge in [-0.2, -0.15) is 0 Å². The molecule has 1 aliphatic carbocycles. The Bertz CT molecular complexity index is 957. The van der Waals surface area contributed by atoms with Gasteiger partial charge >= 0.3 is 0 Å². The largest absolute Gasteiger partial charge is 0.301 e. The quantitative estimate of drug-likeness (QED) is 0.602. The Morgan fingerprint density at radius 2 is 2.10 bits per heavy atom. The average Bonchev–Trinajstić information content (AvgIpc) is 3.11. The summed E-state index contributed by atoms with van der Waals surface area (Å²) < 4.78 is 2.17. The van der Waals surface area contributed by atoms with E-state index in [4.69, 9.17) is 4.99 Å². The first-order chi connectivity index (χ1) is 9.93. The maximum atomic E-state index is 4.86. The van der Waals surface area contributed by atoms with Crippen molar-refractivity contribution < 1.29 is 0 Å². The van der Waals surface area contributed by atoms with Crippen molar-refractivity contribution in [2.24, 2.45) is 4.99 Å². The number of fused-ring (bicyclic) bond motifs is 8. The Labute approximate surface area is 115 Å². The van der Waals surface area contributed by atoms with Crippen LogP contribution in [0.2, 0.25) is 0 Å². The molecule has 2 aliphatic rings. The van der Waals surface area contributed by atoms with Crippen molar-refractivity contribution in [3.05, 3.63) is 66.5 Å². The molecule has 0 N–H and O–H groups in total. The van der Waals surface area contributed by atoms with E-state index in [0.717, 1.165) is 22.4 Å². The number of hydrogen-bond acceptors (Lipinski definition) is 2. The molecule has 1 aliphatic heterocycles. The van der Waals surface area contributed by atoms with E-state index in [1.807, 2.05) is 12.3 Å². The third kappa shape index (κ3) is 1.11.